The third-order valence-corrected chi connectivity index (χ3v) is 3.31. The molecule has 1 aliphatic carbocycles. The minimum absolute atomic E-state index is 0. The van der Waals surface area contributed by atoms with E-state index in [0.717, 1.165) is 32.2 Å². The standard InChI is InChI=1S/C12H20N4O.2ClH/c13-11-3-1-2-10(8-11)12(17)15-5-7-16-6-4-14-9-16;;/h4,6,9-11H,1-3,5,7-8,13H2,(H,15,17);2*1H. The Morgan fingerprint density at radius 3 is 2.84 bits per heavy atom. The summed E-state index contributed by atoms with van der Waals surface area (Å²) in [5, 5.41) is 2.97. The van der Waals surface area contributed by atoms with Gasteiger partial charge in [-0.05, 0) is 19.3 Å². The molecule has 2 rings (SSSR count). The average Bonchev–Trinajstić information content (AvgIpc) is 2.82. The van der Waals surface area contributed by atoms with Gasteiger partial charge in [-0.3, -0.25) is 4.79 Å². The summed E-state index contributed by atoms with van der Waals surface area (Å²) in [7, 11) is 0. The van der Waals surface area contributed by atoms with Crippen molar-refractivity contribution in [1.82, 2.24) is 14.9 Å². The molecule has 2 unspecified atom stereocenters. The summed E-state index contributed by atoms with van der Waals surface area (Å²) < 4.78 is 1.95. The Kier molecular flexibility index (Phi) is 8.80. The van der Waals surface area contributed by atoms with Crippen LogP contribution in [0.4, 0.5) is 0 Å². The van der Waals surface area contributed by atoms with Crippen LogP contribution in [0.5, 0.6) is 0 Å². The minimum atomic E-state index is 0. The number of rotatable bonds is 4. The molecule has 0 saturated heterocycles. The maximum Gasteiger partial charge on any atom is 0.223 e. The number of aromatic nitrogens is 2. The van der Waals surface area contributed by atoms with Crippen LogP contribution in [0.2, 0.25) is 0 Å². The number of halogens is 2. The number of hydrogen-bond acceptors (Lipinski definition) is 3. The predicted octanol–water partition coefficient (Wildman–Crippen LogP) is 1.36. The maximum absolute atomic E-state index is 11.9. The van der Waals surface area contributed by atoms with Crippen molar-refractivity contribution in [2.24, 2.45) is 11.7 Å². The highest BCUT2D eigenvalue weighted by molar-refractivity contribution is 5.85. The third kappa shape index (κ3) is 5.80. The van der Waals surface area contributed by atoms with Gasteiger partial charge in [0.25, 0.3) is 0 Å². The molecule has 0 spiro atoms. The molecule has 3 N–H and O–H groups in total. The van der Waals surface area contributed by atoms with E-state index in [4.69, 9.17) is 5.73 Å². The Labute approximate surface area is 126 Å². The van der Waals surface area contributed by atoms with Crippen LogP contribution >= 0.6 is 24.8 Å². The number of carbonyl (C=O) groups excluding carboxylic acids is 1. The van der Waals surface area contributed by atoms with Gasteiger partial charge in [-0.1, -0.05) is 6.42 Å². The molecule has 0 bridgehead atoms. The molecule has 1 saturated carbocycles. The third-order valence-electron chi connectivity index (χ3n) is 3.31. The molecule has 1 amide bonds. The first kappa shape index (κ1) is 18.2. The van der Waals surface area contributed by atoms with Crippen LogP contribution in [-0.4, -0.2) is 28.0 Å². The van der Waals surface area contributed by atoms with E-state index in [9.17, 15) is 4.79 Å². The zero-order valence-corrected chi connectivity index (χ0v) is 12.5. The van der Waals surface area contributed by atoms with Crippen LogP contribution in [-0.2, 0) is 11.3 Å². The van der Waals surface area contributed by atoms with E-state index in [0.29, 0.717) is 6.54 Å². The van der Waals surface area contributed by atoms with Gasteiger partial charge in [0.2, 0.25) is 5.91 Å². The Hall–Kier alpha value is -0.780. The second-order valence-electron chi connectivity index (χ2n) is 4.72. The van der Waals surface area contributed by atoms with Crippen molar-refractivity contribution < 1.29 is 4.79 Å². The molecule has 1 aliphatic rings. The monoisotopic (exact) mass is 308 g/mol. The number of hydrogen-bond donors (Lipinski definition) is 2. The van der Waals surface area contributed by atoms with Crippen LogP contribution in [0.1, 0.15) is 25.7 Å². The first-order valence-corrected chi connectivity index (χ1v) is 6.25. The van der Waals surface area contributed by atoms with Gasteiger partial charge in [0.1, 0.15) is 0 Å². The predicted molar refractivity (Wildman–Crippen MR) is 79.7 cm³/mol. The summed E-state index contributed by atoms with van der Waals surface area (Å²) >= 11 is 0. The molecule has 19 heavy (non-hydrogen) atoms. The van der Waals surface area contributed by atoms with E-state index in [1.54, 1.807) is 12.5 Å². The van der Waals surface area contributed by atoms with Gasteiger partial charge in [-0.2, -0.15) is 0 Å². The lowest BCUT2D eigenvalue weighted by Gasteiger charge is -2.25. The number of carbonyl (C=O) groups is 1. The van der Waals surface area contributed by atoms with Gasteiger partial charge in [-0.25, -0.2) is 4.98 Å². The lowest BCUT2D eigenvalue weighted by atomic mass is 9.85. The molecular formula is C12H22Cl2N4O. The highest BCUT2D eigenvalue weighted by Crippen LogP contribution is 2.22. The number of amides is 1. The lowest BCUT2D eigenvalue weighted by molar-refractivity contribution is -0.126. The van der Waals surface area contributed by atoms with Gasteiger partial charge in [0.15, 0.2) is 0 Å². The van der Waals surface area contributed by atoms with Crippen molar-refractivity contribution in [1.29, 1.82) is 0 Å². The Morgan fingerprint density at radius 2 is 2.21 bits per heavy atom. The number of nitrogens with one attached hydrogen (secondary N) is 1. The quantitative estimate of drug-likeness (QED) is 0.882. The van der Waals surface area contributed by atoms with E-state index in [1.165, 1.54) is 0 Å². The zero-order valence-electron chi connectivity index (χ0n) is 10.8. The first-order valence-electron chi connectivity index (χ1n) is 6.25. The normalized spacial score (nSPS) is 21.9. The first-order chi connectivity index (χ1) is 8.25. The van der Waals surface area contributed by atoms with Crippen LogP contribution in [0.25, 0.3) is 0 Å². The molecule has 7 heteroatoms. The number of nitrogens with two attached hydrogens (primary N) is 1. The van der Waals surface area contributed by atoms with E-state index < -0.39 is 0 Å². The van der Waals surface area contributed by atoms with Crippen molar-refractivity contribution in [3.05, 3.63) is 18.7 Å². The highest BCUT2D eigenvalue weighted by Gasteiger charge is 2.24. The molecule has 2 atom stereocenters. The van der Waals surface area contributed by atoms with Crippen molar-refractivity contribution in [2.75, 3.05) is 6.54 Å². The second kappa shape index (κ2) is 9.18. The number of imidazole rings is 1. The van der Waals surface area contributed by atoms with Crippen LogP contribution in [0.3, 0.4) is 0 Å². The molecule has 0 radical (unpaired) electrons. The largest absolute Gasteiger partial charge is 0.354 e. The van der Waals surface area contributed by atoms with Gasteiger partial charge < -0.3 is 15.6 Å². The maximum atomic E-state index is 11.9. The summed E-state index contributed by atoms with van der Waals surface area (Å²) in [6.07, 6.45) is 9.31. The van der Waals surface area contributed by atoms with Crippen molar-refractivity contribution >= 4 is 30.7 Å². The van der Waals surface area contributed by atoms with Crippen molar-refractivity contribution in [3.63, 3.8) is 0 Å². The average molecular weight is 309 g/mol. The molecule has 1 aromatic rings. The second-order valence-corrected chi connectivity index (χ2v) is 4.72. The molecule has 0 aliphatic heterocycles. The van der Waals surface area contributed by atoms with E-state index in [-0.39, 0.29) is 42.7 Å². The van der Waals surface area contributed by atoms with Crippen LogP contribution in [0.15, 0.2) is 18.7 Å². The van der Waals surface area contributed by atoms with Crippen LogP contribution in [0, 0.1) is 5.92 Å². The van der Waals surface area contributed by atoms with E-state index in [2.05, 4.69) is 10.3 Å². The van der Waals surface area contributed by atoms with Crippen molar-refractivity contribution in [3.8, 4) is 0 Å². The summed E-state index contributed by atoms with van der Waals surface area (Å²) in [4.78, 5) is 15.8. The topological polar surface area (TPSA) is 72.9 Å². The molecule has 1 heterocycles. The summed E-state index contributed by atoms with van der Waals surface area (Å²) in [5.74, 6) is 0.266. The summed E-state index contributed by atoms with van der Waals surface area (Å²) in [6, 6.07) is 0.202. The molecule has 110 valence electrons. The summed E-state index contributed by atoms with van der Waals surface area (Å²) in [5.41, 5.74) is 5.88. The zero-order chi connectivity index (χ0) is 12.1. The fraction of sp³-hybridized carbons (Fsp3) is 0.667. The Balaban J connectivity index is 0.00000162. The molecular weight excluding hydrogens is 287 g/mol. The molecule has 1 fully saturated rings. The SMILES string of the molecule is Cl.Cl.NC1CCCC(C(=O)NCCn2ccnc2)C1. The van der Waals surface area contributed by atoms with Crippen molar-refractivity contribution in [2.45, 2.75) is 38.3 Å². The molecule has 0 aromatic carbocycles. The van der Waals surface area contributed by atoms with Crippen LogP contribution < -0.4 is 11.1 Å². The molecule has 5 nitrogen and oxygen atoms in total. The smallest absolute Gasteiger partial charge is 0.223 e. The van der Waals surface area contributed by atoms with Gasteiger partial charge in [0, 0.05) is 37.4 Å². The Bertz CT molecular complexity index is 359. The minimum Gasteiger partial charge on any atom is -0.354 e. The van der Waals surface area contributed by atoms with Gasteiger partial charge >= 0.3 is 0 Å². The fourth-order valence-electron chi connectivity index (χ4n) is 2.34. The van der Waals surface area contributed by atoms with E-state index in [1.807, 2.05) is 10.8 Å². The van der Waals surface area contributed by atoms with Gasteiger partial charge in [0.05, 0.1) is 6.33 Å². The fourth-order valence-corrected chi connectivity index (χ4v) is 2.34. The summed E-state index contributed by atoms with van der Waals surface area (Å²) in [6.45, 7) is 1.42. The lowest BCUT2D eigenvalue weighted by Crippen LogP contribution is -2.38. The van der Waals surface area contributed by atoms with E-state index >= 15 is 0 Å². The van der Waals surface area contributed by atoms with Gasteiger partial charge in [-0.15, -0.1) is 24.8 Å². The Morgan fingerprint density at radius 1 is 1.42 bits per heavy atom. The highest BCUT2D eigenvalue weighted by atomic mass is 35.5. The molecule has 1 aromatic heterocycles. The number of nitrogens with zero attached hydrogens (tertiary/aromatic N) is 2.